The van der Waals surface area contributed by atoms with Gasteiger partial charge in [0.25, 0.3) is 0 Å². The standard InChI is InChI=1S/C13H9F2N3.C2H6/c1-3-13-16-11-6-10(15)9(14)5-8(11)12-4-7(2)17-18(12)13;1-2/h3-6H,1H2,2H3;1-2H3. The van der Waals surface area contributed by atoms with Crippen LogP contribution in [-0.2, 0) is 0 Å². The Bertz CT molecular complexity index is 791. The fourth-order valence-electron chi connectivity index (χ4n) is 2.00. The summed E-state index contributed by atoms with van der Waals surface area (Å²) in [6.45, 7) is 9.47. The Labute approximate surface area is 115 Å². The van der Waals surface area contributed by atoms with E-state index in [2.05, 4.69) is 16.7 Å². The van der Waals surface area contributed by atoms with E-state index in [0.29, 0.717) is 22.2 Å². The van der Waals surface area contributed by atoms with Gasteiger partial charge in [-0.2, -0.15) is 5.10 Å². The van der Waals surface area contributed by atoms with Gasteiger partial charge in [-0.15, -0.1) is 0 Å². The quantitative estimate of drug-likeness (QED) is 0.668. The highest BCUT2D eigenvalue weighted by Gasteiger charge is 2.12. The molecule has 0 aliphatic carbocycles. The number of aromatic nitrogens is 3. The lowest BCUT2D eigenvalue weighted by molar-refractivity contribution is 0.510. The first-order valence-electron chi connectivity index (χ1n) is 6.37. The van der Waals surface area contributed by atoms with Gasteiger partial charge in [0.1, 0.15) is 0 Å². The maximum absolute atomic E-state index is 13.3. The Balaban J connectivity index is 0.000000704. The fraction of sp³-hybridized carbons (Fsp3) is 0.200. The minimum absolute atomic E-state index is 0.385. The van der Waals surface area contributed by atoms with Crippen molar-refractivity contribution in [2.75, 3.05) is 0 Å². The average Bonchev–Trinajstić information content (AvgIpc) is 2.84. The topological polar surface area (TPSA) is 30.2 Å². The molecule has 2 heterocycles. The van der Waals surface area contributed by atoms with Crippen molar-refractivity contribution >= 4 is 22.5 Å². The molecule has 0 fully saturated rings. The van der Waals surface area contributed by atoms with E-state index in [0.717, 1.165) is 17.8 Å². The second-order valence-corrected chi connectivity index (χ2v) is 4.04. The van der Waals surface area contributed by atoms with E-state index in [1.54, 1.807) is 10.6 Å². The van der Waals surface area contributed by atoms with E-state index in [4.69, 9.17) is 0 Å². The first kappa shape index (κ1) is 14.1. The minimum atomic E-state index is -0.911. The van der Waals surface area contributed by atoms with Crippen LogP contribution in [0.15, 0.2) is 24.8 Å². The summed E-state index contributed by atoms with van der Waals surface area (Å²) < 4.78 is 28.1. The lowest BCUT2D eigenvalue weighted by atomic mass is 10.2. The van der Waals surface area contributed by atoms with Crippen LogP contribution in [0.5, 0.6) is 0 Å². The maximum Gasteiger partial charge on any atom is 0.161 e. The summed E-state index contributed by atoms with van der Waals surface area (Å²) in [7, 11) is 0. The van der Waals surface area contributed by atoms with E-state index in [9.17, 15) is 8.78 Å². The van der Waals surface area contributed by atoms with Crippen LogP contribution >= 0.6 is 0 Å². The van der Waals surface area contributed by atoms with Gasteiger partial charge >= 0.3 is 0 Å². The van der Waals surface area contributed by atoms with Crippen LogP contribution in [0.1, 0.15) is 25.4 Å². The Kier molecular flexibility index (Phi) is 3.79. The highest BCUT2D eigenvalue weighted by molar-refractivity contribution is 5.94. The summed E-state index contributed by atoms with van der Waals surface area (Å²) in [6, 6.07) is 4.02. The molecule has 3 aromatic rings. The number of benzene rings is 1. The van der Waals surface area contributed by atoms with Crippen LogP contribution in [0.4, 0.5) is 8.78 Å². The van der Waals surface area contributed by atoms with E-state index in [-0.39, 0.29) is 0 Å². The number of rotatable bonds is 1. The first-order chi connectivity index (χ1) is 9.60. The molecule has 5 heteroatoms. The highest BCUT2D eigenvalue weighted by Crippen LogP contribution is 2.23. The monoisotopic (exact) mass is 275 g/mol. The predicted molar refractivity (Wildman–Crippen MR) is 76.6 cm³/mol. The number of nitrogens with zero attached hydrogens (tertiary/aromatic N) is 3. The van der Waals surface area contributed by atoms with E-state index < -0.39 is 11.6 Å². The molecule has 104 valence electrons. The van der Waals surface area contributed by atoms with E-state index in [1.807, 2.05) is 20.8 Å². The number of aryl methyl sites for hydroxylation is 1. The molecule has 0 aliphatic rings. The van der Waals surface area contributed by atoms with Crippen LogP contribution in [0.3, 0.4) is 0 Å². The zero-order valence-corrected chi connectivity index (χ0v) is 11.6. The van der Waals surface area contributed by atoms with Gasteiger partial charge in [0, 0.05) is 11.5 Å². The molecular formula is C15H15F2N3. The molecule has 20 heavy (non-hydrogen) atoms. The fourth-order valence-corrected chi connectivity index (χ4v) is 2.00. The third kappa shape index (κ3) is 2.15. The predicted octanol–water partition coefficient (Wildman–Crippen LogP) is 4.14. The molecule has 3 nitrogen and oxygen atoms in total. The first-order valence-corrected chi connectivity index (χ1v) is 6.37. The summed E-state index contributed by atoms with van der Waals surface area (Å²) in [6.07, 6.45) is 1.53. The Morgan fingerprint density at radius 1 is 1.15 bits per heavy atom. The van der Waals surface area contributed by atoms with Crippen LogP contribution in [0, 0.1) is 18.6 Å². The molecular weight excluding hydrogens is 260 g/mol. The summed E-state index contributed by atoms with van der Waals surface area (Å²) in [5.74, 6) is -1.31. The second-order valence-electron chi connectivity index (χ2n) is 4.04. The van der Waals surface area contributed by atoms with Gasteiger partial charge in [0.2, 0.25) is 0 Å². The molecule has 0 saturated carbocycles. The third-order valence-electron chi connectivity index (χ3n) is 2.78. The van der Waals surface area contributed by atoms with Crippen molar-refractivity contribution in [3.05, 3.63) is 47.9 Å². The van der Waals surface area contributed by atoms with Crippen LogP contribution < -0.4 is 0 Å². The minimum Gasteiger partial charge on any atom is -0.228 e. The van der Waals surface area contributed by atoms with Crippen molar-refractivity contribution < 1.29 is 8.78 Å². The molecule has 0 aliphatic heterocycles. The molecule has 2 aromatic heterocycles. The van der Waals surface area contributed by atoms with Crippen molar-refractivity contribution in [2.24, 2.45) is 0 Å². The van der Waals surface area contributed by atoms with Crippen LogP contribution in [0.25, 0.3) is 22.5 Å². The average molecular weight is 275 g/mol. The Hall–Kier alpha value is -2.30. The van der Waals surface area contributed by atoms with Crippen LogP contribution in [-0.4, -0.2) is 14.6 Å². The molecule has 0 amide bonds. The largest absolute Gasteiger partial charge is 0.228 e. The molecule has 1 aromatic carbocycles. The van der Waals surface area contributed by atoms with Crippen molar-refractivity contribution in [3.63, 3.8) is 0 Å². The van der Waals surface area contributed by atoms with Crippen molar-refractivity contribution in [1.82, 2.24) is 14.6 Å². The van der Waals surface area contributed by atoms with Gasteiger partial charge in [-0.3, -0.25) is 0 Å². The molecule has 0 spiro atoms. The smallest absolute Gasteiger partial charge is 0.161 e. The van der Waals surface area contributed by atoms with Gasteiger partial charge < -0.3 is 0 Å². The van der Waals surface area contributed by atoms with Crippen LogP contribution in [0.2, 0.25) is 0 Å². The summed E-state index contributed by atoms with van der Waals surface area (Å²) in [5, 5.41) is 4.78. The summed E-state index contributed by atoms with van der Waals surface area (Å²) in [4.78, 5) is 4.21. The molecule has 0 unspecified atom stereocenters. The van der Waals surface area contributed by atoms with E-state index >= 15 is 0 Å². The third-order valence-corrected chi connectivity index (χ3v) is 2.78. The van der Waals surface area contributed by atoms with Gasteiger partial charge in [0.05, 0.1) is 16.7 Å². The molecule has 0 atom stereocenters. The summed E-state index contributed by atoms with van der Waals surface area (Å²) >= 11 is 0. The normalized spacial score (nSPS) is 10.4. The molecule has 0 N–H and O–H groups in total. The van der Waals surface area contributed by atoms with Crippen molar-refractivity contribution in [2.45, 2.75) is 20.8 Å². The Morgan fingerprint density at radius 2 is 1.80 bits per heavy atom. The van der Waals surface area contributed by atoms with Gasteiger partial charge in [0.15, 0.2) is 17.5 Å². The zero-order chi connectivity index (χ0) is 14.9. The Morgan fingerprint density at radius 3 is 2.45 bits per heavy atom. The summed E-state index contributed by atoms with van der Waals surface area (Å²) in [5.41, 5.74) is 1.85. The number of hydrogen-bond donors (Lipinski definition) is 0. The highest BCUT2D eigenvalue weighted by atomic mass is 19.2. The lowest BCUT2D eigenvalue weighted by Gasteiger charge is -2.04. The number of halogens is 2. The van der Waals surface area contributed by atoms with Gasteiger partial charge in [-0.05, 0) is 25.1 Å². The van der Waals surface area contributed by atoms with Gasteiger partial charge in [-0.1, -0.05) is 20.4 Å². The van der Waals surface area contributed by atoms with Crippen molar-refractivity contribution in [3.8, 4) is 0 Å². The van der Waals surface area contributed by atoms with Crippen molar-refractivity contribution in [1.29, 1.82) is 0 Å². The van der Waals surface area contributed by atoms with E-state index in [1.165, 1.54) is 6.08 Å². The molecule has 0 radical (unpaired) electrons. The number of fused-ring (bicyclic) bond motifs is 3. The second kappa shape index (κ2) is 5.36. The molecule has 3 rings (SSSR count). The molecule has 0 bridgehead atoms. The maximum atomic E-state index is 13.3. The number of hydrogen-bond acceptors (Lipinski definition) is 2. The SMILES string of the molecule is C=Cc1nc2cc(F)c(F)cc2c2cc(C)nn12.CC. The molecule has 0 saturated heterocycles. The van der Waals surface area contributed by atoms with Gasteiger partial charge in [-0.25, -0.2) is 18.3 Å². The zero-order valence-electron chi connectivity index (χ0n) is 11.6. The lowest BCUT2D eigenvalue weighted by Crippen LogP contribution is -1.99.